The van der Waals surface area contributed by atoms with Gasteiger partial charge in [-0.2, -0.15) is 0 Å². The fourth-order valence-corrected chi connectivity index (χ4v) is 2.70. The highest BCUT2D eigenvalue weighted by molar-refractivity contribution is 5.92. The summed E-state index contributed by atoms with van der Waals surface area (Å²) >= 11 is 0. The van der Waals surface area contributed by atoms with Gasteiger partial charge in [0.1, 0.15) is 5.82 Å². The van der Waals surface area contributed by atoms with E-state index in [1.807, 2.05) is 18.7 Å². The molecular formula is C15H21FN2O3. The minimum absolute atomic E-state index is 0.0664. The first-order valence-corrected chi connectivity index (χ1v) is 6.90. The number of hydrogen-bond donors (Lipinski definition) is 2. The molecule has 21 heavy (non-hydrogen) atoms. The number of benzene rings is 1. The van der Waals surface area contributed by atoms with E-state index in [0.717, 1.165) is 6.07 Å². The molecule has 0 spiro atoms. The van der Waals surface area contributed by atoms with Gasteiger partial charge in [0.05, 0.1) is 18.3 Å². The maximum Gasteiger partial charge on any atom is 0.248 e. The highest BCUT2D eigenvalue weighted by Gasteiger charge is 2.33. The van der Waals surface area contributed by atoms with Gasteiger partial charge in [-0.05, 0) is 26.0 Å². The molecule has 1 heterocycles. The Kier molecular flexibility index (Phi) is 4.61. The Hall–Kier alpha value is -1.50. The van der Waals surface area contributed by atoms with Crippen molar-refractivity contribution in [3.05, 3.63) is 35.1 Å². The summed E-state index contributed by atoms with van der Waals surface area (Å²) in [6.07, 6.45) is -0.276. The van der Waals surface area contributed by atoms with Crippen molar-refractivity contribution in [3.8, 4) is 0 Å². The van der Waals surface area contributed by atoms with Gasteiger partial charge < -0.3 is 15.6 Å². The van der Waals surface area contributed by atoms with Crippen LogP contribution >= 0.6 is 0 Å². The van der Waals surface area contributed by atoms with Crippen molar-refractivity contribution in [2.45, 2.75) is 32.1 Å². The molecule has 0 aliphatic carbocycles. The first-order valence-electron chi connectivity index (χ1n) is 6.90. The molecule has 5 nitrogen and oxygen atoms in total. The second-order valence-electron chi connectivity index (χ2n) is 6.02. The third-order valence-electron chi connectivity index (χ3n) is 3.49. The van der Waals surface area contributed by atoms with Gasteiger partial charge >= 0.3 is 0 Å². The van der Waals surface area contributed by atoms with Crippen LogP contribution in [0.15, 0.2) is 18.2 Å². The summed E-state index contributed by atoms with van der Waals surface area (Å²) in [5.41, 5.74) is 5.39. The van der Waals surface area contributed by atoms with Crippen molar-refractivity contribution in [1.82, 2.24) is 4.90 Å². The number of aliphatic hydroxyl groups is 1. The van der Waals surface area contributed by atoms with Gasteiger partial charge in [0, 0.05) is 30.8 Å². The van der Waals surface area contributed by atoms with E-state index < -0.39 is 17.3 Å². The summed E-state index contributed by atoms with van der Waals surface area (Å²) in [4.78, 5) is 13.1. The first kappa shape index (κ1) is 15.9. The molecule has 1 atom stereocenters. The highest BCUT2D eigenvalue weighted by atomic mass is 19.1. The molecule has 1 amide bonds. The molecule has 1 saturated heterocycles. The monoisotopic (exact) mass is 296 g/mol. The van der Waals surface area contributed by atoms with Crippen LogP contribution in [0.1, 0.15) is 29.8 Å². The number of halogens is 1. The molecule has 3 N–H and O–H groups in total. The number of nitrogens with two attached hydrogens (primary N) is 1. The zero-order valence-corrected chi connectivity index (χ0v) is 12.3. The third kappa shape index (κ3) is 4.00. The Balaban J connectivity index is 2.12. The minimum Gasteiger partial charge on any atom is -0.394 e. The lowest BCUT2D eigenvalue weighted by Gasteiger charge is -2.42. The molecule has 1 aromatic carbocycles. The number of primary amides is 1. The van der Waals surface area contributed by atoms with E-state index in [-0.39, 0.29) is 18.3 Å². The summed E-state index contributed by atoms with van der Waals surface area (Å²) in [6.45, 7) is 5.39. The van der Waals surface area contributed by atoms with Gasteiger partial charge in [0.15, 0.2) is 0 Å². The molecular weight excluding hydrogens is 275 g/mol. The van der Waals surface area contributed by atoms with Crippen LogP contribution in [0, 0.1) is 5.82 Å². The Labute approximate surface area is 123 Å². The molecule has 0 radical (unpaired) electrons. The number of hydrogen-bond acceptors (Lipinski definition) is 4. The Morgan fingerprint density at radius 3 is 2.86 bits per heavy atom. The summed E-state index contributed by atoms with van der Waals surface area (Å²) in [6, 6.07) is 4.26. The molecule has 6 heteroatoms. The van der Waals surface area contributed by atoms with Crippen LogP contribution in [-0.2, 0) is 11.3 Å². The van der Waals surface area contributed by atoms with Crippen molar-refractivity contribution in [3.63, 3.8) is 0 Å². The SMILES string of the molecule is CC1(C)CN(Cc2ccc(C(N)=O)cc2F)CC(CO)O1. The Bertz CT molecular complexity index is 534. The highest BCUT2D eigenvalue weighted by Crippen LogP contribution is 2.23. The summed E-state index contributed by atoms with van der Waals surface area (Å²) in [5, 5.41) is 9.28. The molecule has 0 bridgehead atoms. The van der Waals surface area contributed by atoms with Crippen LogP contribution in [0.2, 0.25) is 0 Å². The zero-order chi connectivity index (χ0) is 15.6. The number of ether oxygens (including phenoxy) is 1. The van der Waals surface area contributed by atoms with Gasteiger partial charge in [-0.15, -0.1) is 0 Å². The van der Waals surface area contributed by atoms with E-state index in [1.54, 1.807) is 6.07 Å². The van der Waals surface area contributed by atoms with E-state index in [2.05, 4.69) is 0 Å². The van der Waals surface area contributed by atoms with Gasteiger partial charge in [-0.1, -0.05) is 6.07 Å². The van der Waals surface area contributed by atoms with Crippen LogP contribution in [0.3, 0.4) is 0 Å². The van der Waals surface area contributed by atoms with Crippen LogP contribution < -0.4 is 5.73 Å². The lowest BCUT2D eigenvalue weighted by molar-refractivity contribution is -0.150. The lowest BCUT2D eigenvalue weighted by atomic mass is 10.0. The van der Waals surface area contributed by atoms with Gasteiger partial charge in [0.25, 0.3) is 0 Å². The number of nitrogens with zero attached hydrogens (tertiary/aromatic N) is 1. The predicted octanol–water partition coefficient (Wildman–Crippen LogP) is 0.896. The molecule has 1 fully saturated rings. The van der Waals surface area contributed by atoms with E-state index in [4.69, 9.17) is 10.5 Å². The second-order valence-corrected chi connectivity index (χ2v) is 6.02. The van der Waals surface area contributed by atoms with E-state index in [1.165, 1.54) is 6.07 Å². The molecule has 1 aromatic rings. The lowest BCUT2D eigenvalue weighted by Crippen LogP contribution is -2.53. The van der Waals surface area contributed by atoms with Crippen molar-refractivity contribution in [2.75, 3.05) is 19.7 Å². The molecule has 2 rings (SSSR count). The normalized spacial score (nSPS) is 22.2. The number of aliphatic hydroxyl groups excluding tert-OH is 1. The fraction of sp³-hybridized carbons (Fsp3) is 0.533. The maximum absolute atomic E-state index is 14.0. The van der Waals surface area contributed by atoms with Gasteiger partial charge in [-0.3, -0.25) is 9.69 Å². The number of rotatable bonds is 4. The number of morpholine rings is 1. The first-order chi connectivity index (χ1) is 9.80. The van der Waals surface area contributed by atoms with Crippen LogP contribution in [0.5, 0.6) is 0 Å². The van der Waals surface area contributed by atoms with Gasteiger partial charge in [0.2, 0.25) is 5.91 Å². The molecule has 1 unspecified atom stereocenters. The number of carbonyl (C=O) groups is 1. The molecule has 116 valence electrons. The van der Waals surface area contributed by atoms with Crippen molar-refractivity contribution >= 4 is 5.91 Å². The van der Waals surface area contributed by atoms with Crippen LogP contribution in [0.25, 0.3) is 0 Å². The van der Waals surface area contributed by atoms with E-state index in [9.17, 15) is 14.3 Å². The summed E-state index contributed by atoms with van der Waals surface area (Å²) < 4.78 is 19.7. The zero-order valence-electron chi connectivity index (χ0n) is 12.3. The van der Waals surface area contributed by atoms with Gasteiger partial charge in [-0.25, -0.2) is 4.39 Å². The van der Waals surface area contributed by atoms with Crippen LogP contribution in [0.4, 0.5) is 4.39 Å². The predicted molar refractivity (Wildman–Crippen MR) is 76.2 cm³/mol. The average Bonchev–Trinajstić information content (AvgIpc) is 2.39. The standard InChI is InChI=1S/C15H21FN2O3/c1-15(2)9-18(7-12(8-19)21-15)6-11-4-3-10(14(17)20)5-13(11)16/h3-5,12,19H,6-9H2,1-2H3,(H2,17,20). The topological polar surface area (TPSA) is 75.8 Å². The molecule has 1 aliphatic rings. The van der Waals surface area contributed by atoms with E-state index >= 15 is 0 Å². The summed E-state index contributed by atoms with van der Waals surface area (Å²) in [7, 11) is 0. The Morgan fingerprint density at radius 2 is 2.29 bits per heavy atom. The average molecular weight is 296 g/mol. The number of carbonyl (C=O) groups excluding carboxylic acids is 1. The van der Waals surface area contributed by atoms with Crippen molar-refractivity contribution in [2.24, 2.45) is 5.73 Å². The van der Waals surface area contributed by atoms with E-state index in [0.29, 0.717) is 25.2 Å². The van der Waals surface area contributed by atoms with Crippen molar-refractivity contribution in [1.29, 1.82) is 0 Å². The smallest absolute Gasteiger partial charge is 0.248 e. The van der Waals surface area contributed by atoms with Crippen molar-refractivity contribution < 1.29 is 19.0 Å². The summed E-state index contributed by atoms with van der Waals surface area (Å²) in [5.74, 6) is -1.09. The quantitative estimate of drug-likeness (QED) is 0.865. The fourth-order valence-electron chi connectivity index (χ4n) is 2.70. The second kappa shape index (κ2) is 6.09. The molecule has 0 saturated carbocycles. The maximum atomic E-state index is 14.0. The third-order valence-corrected chi connectivity index (χ3v) is 3.49. The van der Waals surface area contributed by atoms with Crippen LogP contribution in [-0.4, -0.2) is 47.3 Å². The largest absolute Gasteiger partial charge is 0.394 e. The number of amides is 1. The molecule has 1 aliphatic heterocycles. The Morgan fingerprint density at radius 1 is 1.57 bits per heavy atom. The minimum atomic E-state index is -0.645. The molecule has 0 aromatic heterocycles.